The predicted octanol–water partition coefficient (Wildman–Crippen LogP) is 7.23. The van der Waals surface area contributed by atoms with Gasteiger partial charge in [-0.25, -0.2) is 0 Å². The van der Waals surface area contributed by atoms with Crippen LogP contribution in [-0.4, -0.2) is 11.7 Å². The van der Waals surface area contributed by atoms with Crippen LogP contribution < -0.4 is 21.3 Å². The number of benzene rings is 4. The molecule has 4 aromatic carbocycles. The number of anilines is 7. The number of rotatable bonds is 10. The Bertz CT molecular complexity index is 1250. The second-order valence-corrected chi connectivity index (χ2v) is 8.22. The van der Waals surface area contributed by atoms with Crippen molar-refractivity contribution in [2.45, 2.75) is 19.8 Å². The molecule has 6 heteroatoms. The molecule has 176 valence electrons. The van der Waals surface area contributed by atoms with Crippen LogP contribution in [0, 0.1) is 0 Å². The van der Waals surface area contributed by atoms with Gasteiger partial charge >= 0.3 is 0 Å². The lowest BCUT2D eigenvalue weighted by Gasteiger charge is -2.11. The molecule has 0 aromatic heterocycles. The highest BCUT2D eigenvalue weighted by Gasteiger charge is 2.05. The first kappa shape index (κ1) is 23.6. The molecule has 0 aliphatic heterocycles. The topological polar surface area (TPSA) is 82.3 Å². The fraction of sp³-hybridized carbons (Fsp3) is 0.103. The number of amides is 1. The highest BCUT2D eigenvalue weighted by Crippen LogP contribution is 2.24. The van der Waals surface area contributed by atoms with Gasteiger partial charge in [0.1, 0.15) is 5.78 Å². The van der Waals surface area contributed by atoms with Crippen molar-refractivity contribution in [1.82, 2.24) is 0 Å². The van der Waals surface area contributed by atoms with Crippen LogP contribution in [0.15, 0.2) is 103 Å². The lowest BCUT2D eigenvalue weighted by atomic mass is 10.2. The summed E-state index contributed by atoms with van der Waals surface area (Å²) in [6, 6.07) is 33.8. The molecule has 0 heterocycles. The molecule has 35 heavy (non-hydrogen) atoms. The van der Waals surface area contributed by atoms with Gasteiger partial charge < -0.3 is 26.1 Å². The molecule has 0 aliphatic rings. The Kier molecular flexibility index (Phi) is 7.76. The Morgan fingerprint density at radius 1 is 0.486 bits per heavy atom. The summed E-state index contributed by atoms with van der Waals surface area (Å²) in [7, 11) is 0. The summed E-state index contributed by atoms with van der Waals surface area (Å²) in [5.41, 5.74) is 6.65. The van der Waals surface area contributed by atoms with Crippen LogP contribution >= 0.6 is 0 Å². The maximum Gasteiger partial charge on any atom is 0.224 e. The Morgan fingerprint density at radius 2 is 0.829 bits per heavy atom. The van der Waals surface area contributed by atoms with E-state index >= 15 is 0 Å². The number of carbonyl (C=O) groups is 2. The van der Waals surface area contributed by atoms with Crippen LogP contribution in [0.25, 0.3) is 0 Å². The summed E-state index contributed by atoms with van der Waals surface area (Å²) in [6.45, 7) is 1.48. The van der Waals surface area contributed by atoms with E-state index in [1.807, 2.05) is 103 Å². The monoisotopic (exact) mass is 464 g/mol. The van der Waals surface area contributed by atoms with Gasteiger partial charge in [0.15, 0.2) is 0 Å². The highest BCUT2D eigenvalue weighted by molar-refractivity contribution is 5.93. The van der Waals surface area contributed by atoms with Gasteiger partial charge in [0.05, 0.1) is 0 Å². The molecule has 0 atom stereocenters. The van der Waals surface area contributed by atoms with E-state index in [0.29, 0.717) is 5.69 Å². The van der Waals surface area contributed by atoms with Crippen LogP contribution in [0.1, 0.15) is 19.8 Å². The molecule has 0 radical (unpaired) electrons. The van der Waals surface area contributed by atoms with E-state index in [0.717, 1.165) is 34.1 Å². The fourth-order valence-corrected chi connectivity index (χ4v) is 3.45. The Balaban J connectivity index is 1.28. The molecule has 0 aliphatic carbocycles. The average Bonchev–Trinajstić information content (AvgIpc) is 2.87. The van der Waals surface area contributed by atoms with Crippen LogP contribution in [0.2, 0.25) is 0 Å². The zero-order valence-electron chi connectivity index (χ0n) is 19.5. The maximum atomic E-state index is 11.9. The van der Waals surface area contributed by atoms with Gasteiger partial charge in [0.25, 0.3) is 0 Å². The van der Waals surface area contributed by atoms with Gasteiger partial charge in [-0.3, -0.25) is 4.79 Å². The quantitative estimate of drug-likeness (QED) is 0.199. The smallest absolute Gasteiger partial charge is 0.224 e. The van der Waals surface area contributed by atoms with E-state index in [1.54, 1.807) is 0 Å². The minimum atomic E-state index is -0.161. The number of para-hydroxylation sites is 1. The molecular weight excluding hydrogens is 436 g/mol. The molecule has 0 saturated carbocycles. The third-order valence-corrected chi connectivity index (χ3v) is 5.28. The van der Waals surface area contributed by atoms with Crippen molar-refractivity contribution in [3.63, 3.8) is 0 Å². The Labute approximate surface area is 205 Å². The van der Waals surface area contributed by atoms with Crippen molar-refractivity contribution in [3.05, 3.63) is 103 Å². The van der Waals surface area contributed by atoms with Gasteiger partial charge in [-0.1, -0.05) is 18.2 Å². The largest absolute Gasteiger partial charge is 0.356 e. The van der Waals surface area contributed by atoms with Crippen molar-refractivity contribution < 1.29 is 9.59 Å². The molecule has 0 saturated heterocycles. The summed E-state index contributed by atoms with van der Waals surface area (Å²) >= 11 is 0. The van der Waals surface area contributed by atoms with Gasteiger partial charge in [-0.15, -0.1) is 0 Å². The normalized spacial score (nSPS) is 10.3. The van der Waals surface area contributed by atoms with Crippen molar-refractivity contribution in [3.8, 4) is 0 Å². The second-order valence-electron chi connectivity index (χ2n) is 8.22. The van der Waals surface area contributed by atoms with E-state index in [9.17, 15) is 9.59 Å². The molecule has 1 amide bonds. The zero-order chi connectivity index (χ0) is 24.5. The lowest BCUT2D eigenvalue weighted by Crippen LogP contribution is -2.12. The van der Waals surface area contributed by atoms with Gasteiger partial charge in [-0.05, 0) is 91.9 Å². The van der Waals surface area contributed by atoms with E-state index in [-0.39, 0.29) is 24.5 Å². The van der Waals surface area contributed by atoms with Crippen LogP contribution in [0.3, 0.4) is 0 Å². The molecule has 0 unspecified atom stereocenters. The van der Waals surface area contributed by atoms with E-state index in [4.69, 9.17) is 0 Å². The van der Waals surface area contributed by atoms with Crippen LogP contribution in [0.5, 0.6) is 0 Å². The first-order chi connectivity index (χ1) is 17.0. The van der Waals surface area contributed by atoms with E-state index in [1.165, 1.54) is 6.92 Å². The molecular formula is C29H28N4O2. The SMILES string of the molecule is CC(=O)CCC(=O)Nc1ccc(Nc2ccc(Nc3ccc(Nc4ccccc4)cc3)cc2)cc1. The van der Waals surface area contributed by atoms with Crippen molar-refractivity contribution in [2.24, 2.45) is 0 Å². The van der Waals surface area contributed by atoms with Gasteiger partial charge in [0, 0.05) is 52.7 Å². The first-order valence-corrected chi connectivity index (χ1v) is 11.5. The summed E-state index contributed by atoms with van der Waals surface area (Å²) in [4.78, 5) is 22.9. The van der Waals surface area contributed by atoms with Crippen molar-refractivity contribution in [2.75, 3.05) is 21.3 Å². The number of nitrogens with one attached hydrogen (secondary N) is 4. The third kappa shape index (κ3) is 7.47. The zero-order valence-corrected chi connectivity index (χ0v) is 19.5. The Morgan fingerprint density at radius 3 is 1.20 bits per heavy atom. The molecule has 4 rings (SSSR count). The first-order valence-electron chi connectivity index (χ1n) is 11.5. The second kappa shape index (κ2) is 11.5. The standard InChI is InChI=1S/C29H28N4O2/c1-21(34)7-20-29(35)33-28-18-16-27(17-19-28)32-26-14-12-25(13-15-26)31-24-10-8-23(9-11-24)30-22-5-3-2-4-6-22/h2-6,8-19,30-32H,7,20H2,1H3,(H,33,35). The maximum absolute atomic E-state index is 11.9. The number of hydrogen-bond donors (Lipinski definition) is 4. The average molecular weight is 465 g/mol. The molecule has 0 bridgehead atoms. The minimum absolute atomic E-state index is 0.00922. The van der Waals surface area contributed by atoms with Crippen LogP contribution in [-0.2, 0) is 9.59 Å². The van der Waals surface area contributed by atoms with Gasteiger partial charge in [-0.2, -0.15) is 0 Å². The number of hydrogen-bond acceptors (Lipinski definition) is 5. The summed E-state index contributed by atoms with van der Waals surface area (Å²) in [6.07, 6.45) is 0.456. The van der Waals surface area contributed by atoms with Crippen LogP contribution in [0.4, 0.5) is 39.8 Å². The summed E-state index contributed by atoms with van der Waals surface area (Å²) in [5, 5.41) is 12.9. The Hall–Kier alpha value is -4.58. The van der Waals surface area contributed by atoms with E-state index < -0.39 is 0 Å². The number of carbonyl (C=O) groups excluding carboxylic acids is 2. The molecule has 4 N–H and O–H groups in total. The van der Waals surface area contributed by atoms with E-state index in [2.05, 4.69) is 21.3 Å². The van der Waals surface area contributed by atoms with Gasteiger partial charge in [0.2, 0.25) is 5.91 Å². The predicted molar refractivity (Wildman–Crippen MR) is 144 cm³/mol. The molecule has 4 aromatic rings. The summed E-state index contributed by atoms with van der Waals surface area (Å²) in [5.74, 6) is -0.152. The lowest BCUT2D eigenvalue weighted by molar-refractivity contribution is -0.121. The highest BCUT2D eigenvalue weighted by atomic mass is 16.2. The van der Waals surface area contributed by atoms with Crippen molar-refractivity contribution >= 4 is 51.5 Å². The summed E-state index contributed by atoms with van der Waals surface area (Å²) < 4.78 is 0. The molecule has 0 spiro atoms. The number of ketones is 1. The third-order valence-electron chi connectivity index (χ3n) is 5.28. The molecule has 0 fully saturated rings. The fourth-order valence-electron chi connectivity index (χ4n) is 3.45. The molecule has 6 nitrogen and oxygen atoms in total. The number of Topliss-reactive ketones (excluding diaryl/α,β-unsaturated/α-hetero) is 1. The minimum Gasteiger partial charge on any atom is -0.356 e. The van der Waals surface area contributed by atoms with Crippen molar-refractivity contribution in [1.29, 1.82) is 0 Å².